The maximum absolute atomic E-state index is 13.1. The summed E-state index contributed by atoms with van der Waals surface area (Å²) < 4.78 is 23.8. The molecule has 0 unspecified atom stereocenters. The van der Waals surface area contributed by atoms with E-state index in [9.17, 15) is 14.0 Å². The molecule has 8 heteroatoms. The predicted octanol–water partition coefficient (Wildman–Crippen LogP) is 3.63. The molecule has 0 fully saturated rings. The third-order valence-corrected chi connectivity index (χ3v) is 3.36. The largest absolute Gasteiger partial charge is 0.476 e. The van der Waals surface area contributed by atoms with E-state index >= 15 is 0 Å². The van der Waals surface area contributed by atoms with Gasteiger partial charge >= 0.3 is 12.1 Å². The molecule has 0 saturated heterocycles. The number of carbonyl (C=O) groups excluding carboxylic acids is 1. The first kappa shape index (κ1) is 19.4. The summed E-state index contributed by atoms with van der Waals surface area (Å²) in [6.45, 7) is 6.64. The molecule has 0 bridgehead atoms. The highest BCUT2D eigenvalue weighted by Gasteiger charge is 2.26. The van der Waals surface area contributed by atoms with Crippen molar-refractivity contribution in [3.63, 3.8) is 0 Å². The van der Waals surface area contributed by atoms with Gasteiger partial charge in [-0.25, -0.2) is 19.0 Å². The number of halogens is 1. The summed E-state index contributed by atoms with van der Waals surface area (Å²) in [5, 5.41) is 11.8. The van der Waals surface area contributed by atoms with Gasteiger partial charge < -0.3 is 19.6 Å². The molecule has 2 N–H and O–H groups in total. The number of aromatic carboxylic acids is 1. The number of amides is 1. The standard InChI is InChI=1S/C18H21FN2O5/c1-10-14(16(22)23)21-15(25-10)13(20-17(24)26-18(2,3)4)9-11-5-7-12(19)8-6-11/h5-8,13H,9H2,1-4H3,(H,20,24)(H,22,23)/t13-/m0/s1. The third kappa shape index (κ3) is 5.30. The van der Waals surface area contributed by atoms with E-state index in [1.807, 2.05) is 0 Å². The number of carboxylic acid groups (broad SMARTS) is 1. The Bertz CT molecular complexity index is 793. The zero-order valence-corrected chi connectivity index (χ0v) is 15.0. The number of nitrogens with one attached hydrogen (secondary N) is 1. The van der Waals surface area contributed by atoms with E-state index in [-0.39, 0.29) is 29.6 Å². The monoisotopic (exact) mass is 364 g/mol. The minimum Gasteiger partial charge on any atom is -0.476 e. The van der Waals surface area contributed by atoms with Gasteiger partial charge in [-0.2, -0.15) is 0 Å². The number of carbonyl (C=O) groups is 2. The number of hydrogen-bond donors (Lipinski definition) is 2. The molecule has 1 aromatic carbocycles. The van der Waals surface area contributed by atoms with Gasteiger partial charge in [0.05, 0.1) is 0 Å². The van der Waals surface area contributed by atoms with Crippen LogP contribution in [0.1, 0.15) is 54.5 Å². The number of oxazole rings is 1. The van der Waals surface area contributed by atoms with E-state index in [1.54, 1.807) is 32.9 Å². The number of alkyl carbamates (subject to hydrolysis) is 1. The highest BCUT2D eigenvalue weighted by Crippen LogP contribution is 2.22. The minimum absolute atomic E-state index is 0.0371. The molecule has 1 heterocycles. The van der Waals surface area contributed by atoms with Crippen LogP contribution in [0.25, 0.3) is 0 Å². The van der Waals surface area contributed by atoms with Crippen LogP contribution in [0.3, 0.4) is 0 Å². The second kappa shape index (κ2) is 7.55. The van der Waals surface area contributed by atoms with Gasteiger partial charge in [-0.15, -0.1) is 0 Å². The third-order valence-electron chi connectivity index (χ3n) is 3.36. The lowest BCUT2D eigenvalue weighted by molar-refractivity contribution is 0.0495. The Labute approximate surface area is 150 Å². The van der Waals surface area contributed by atoms with Crippen LogP contribution in [0.2, 0.25) is 0 Å². The number of hydrogen-bond acceptors (Lipinski definition) is 5. The molecule has 140 valence electrons. The Morgan fingerprint density at radius 1 is 1.31 bits per heavy atom. The molecule has 1 amide bonds. The van der Waals surface area contributed by atoms with E-state index in [4.69, 9.17) is 14.3 Å². The smallest absolute Gasteiger partial charge is 0.408 e. The Hall–Kier alpha value is -2.90. The summed E-state index contributed by atoms with van der Waals surface area (Å²) in [5.74, 6) is -1.45. The average molecular weight is 364 g/mol. The van der Waals surface area contributed by atoms with Crippen molar-refractivity contribution in [1.29, 1.82) is 0 Å². The van der Waals surface area contributed by atoms with Gasteiger partial charge in [0.15, 0.2) is 5.69 Å². The molecule has 2 rings (SSSR count). The molecule has 26 heavy (non-hydrogen) atoms. The number of carboxylic acids is 1. The van der Waals surface area contributed by atoms with Gasteiger partial charge in [0.2, 0.25) is 5.89 Å². The van der Waals surface area contributed by atoms with Crippen molar-refractivity contribution < 1.29 is 28.2 Å². The zero-order chi connectivity index (χ0) is 19.5. The van der Waals surface area contributed by atoms with E-state index in [0.29, 0.717) is 5.56 Å². The van der Waals surface area contributed by atoms with Crippen molar-refractivity contribution in [2.24, 2.45) is 0 Å². The predicted molar refractivity (Wildman–Crippen MR) is 90.4 cm³/mol. The molecule has 1 atom stereocenters. The normalized spacial score (nSPS) is 12.5. The molecule has 0 aliphatic heterocycles. The van der Waals surface area contributed by atoms with Crippen LogP contribution >= 0.6 is 0 Å². The Balaban J connectivity index is 2.28. The summed E-state index contributed by atoms with van der Waals surface area (Å²) in [4.78, 5) is 27.3. The lowest BCUT2D eigenvalue weighted by Gasteiger charge is -2.22. The molecule has 2 aromatic rings. The molecule has 1 aromatic heterocycles. The first-order valence-electron chi connectivity index (χ1n) is 8.00. The number of aromatic nitrogens is 1. The Morgan fingerprint density at radius 3 is 2.42 bits per heavy atom. The fourth-order valence-corrected chi connectivity index (χ4v) is 2.27. The van der Waals surface area contributed by atoms with E-state index in [0.717, 1.165) is 0 Å². The van der Waals surface area contributed by atoms with Gasteiger partial charge in [0.1, 0.15) is 23.2 Å². The summed E-state index contributed by atoms with van der Waals surface area (Å²) in [6, 6.07) is 4.94. The highest BCUT2D eigenvalue weighted by molar-refractivity contribution is 5.86. The number of benzene rings is 1. The quantitative estimate of drug-likeness (QED) is 0.840. The second-order valence-electron chi connectivity index (χ2n) is 6.79. The Morgan fingerprint density at radius 2 is 1.92 bits per heavy atom. The summed E-state index contributed by atoms with van der Waals surface area (Å²) in [7, 11) is 0. The minimum atomic E-state index is -1.23. The van der Waals surface area contributed by atoms with Crippen molar-refractivity contribution in [2.75, 3.05) is 0 Å². The van der Waals surface area contributed by atoms with Gasteiger partial charge in [-0.05, 0) is 45.4 Å². The van der Waals surface area contributed by atoms with Crippen molar-refractivity contribution in [1.82, 2.24) is 10.3 Å². The number of nitrogens with zero attached hydrogens (tertiary/aromatic N) is 1. The number of ether oxygens (including phenoxy) is 1. The molecule has 0 spiro atoms. The van der Waals surface area contributed by atoms with Crippen LogP contribution in [0.15, 0.2) is 28.7 Å². The van der Waals surface area contributed by atoms with Gasteiger partial charge in [0.25, 0.3) is 0 Å². The lowest BCUT2D eigenvalue weighted by atomic mass is 10.1. The molecule has 0 aliphatic rings. The van der Waals surface area contributed by atoms with Gasteiger partial charge in [-0.1, -0.05) is 12.1 Å². The lowest BCUT2D eigenvalue weighted by Crippen LogP contribution is -2.36. The molecular weight excluding hydrogens is 343 g/mol. The van der Waals surface area contributed by atoms with Crippen molar-refractivity contribution >= 4 is 12.1 Å². The van der Waals surface area contributed by atoms with E-state index < -0.39 is 23.7 Å². The van der Waals surface area contributed by atoms with Crippen LogP contribution in [0, 0.1) is 12.7 Å². The van der Waals surface area contributed by atoms with Crippen LogP contribution < -0.4 is 5.32 Å². The van der Waals surface area contributed by atoms with Crippen LogP contribution in [0.4, 0.5) is 9.18 Å². The molecule has 0 radical (unpaired) electrons. The fourth-order valence-electron chi connectivity index (χ4n) is 2.27. The molecular formula is C18H21FN2O5. The highest BCUT2D eigenvalue weighted by atomic mass is 19.1. The molecule has 7 nitrogen and oxygen atoms in total. The first-order chi connectivity index (χ1) is 12.0. The summed E-state index contributed by atoms with van der Waals surface area (Å²) in [6.07, 6.45) is -0.476. The molecule has 0 aliphatic carbocycles. The van der Waals surface area contributed by atoms with Crippen LogP contribution in [-0.4, -0.2) is 27.8 Å². The van der Waals surface area contributed by atoms with Crippen LogP contribution in [-0.2, 0) is 11.2 Å². The fraction of sp³-hybridized carbons (Fsp3) is 0.389. The SMILES string of the molecule is Cc1oc([C@H](Cc2ccc(F)cc2)NC(=O)OC(C)(C)C)nc1C(=O)O. The summed E-state index contributed by atoms with van der Waals surface area (Å²) >= 11 is 0. The van der Waals surface area contributed by atoms with Gasteiger partial charge in [0, 0.05) is 6.42 Å². The van der Waals surface area contributed by atoms with E-state index in [1.165, 1.54) is 19.1 Å². The zero-order valence-electron chi connectivity index (χ0n) is 15.0. The maximum atomic E-state index is 13.1. The van der Waals surface area contributed by atoms with Crippen molar-refractivity contribution in [3.05, 3.63) is 53.0 Å². The van der Waals surface area contributed by atoms with Crippen LogP contribution in [0.5, 0.6) is 0 Å². The van der Waals surface area contributed by atoms with Gasteiger partial charge in [-0.3, -0.25) is 0 Å². The topological polar surface area (TPSA) is 102 Å². The summed E-state index contributed by atoms with van der Waals surface area (Å²) in [5.41, 5.74) is -0.223. The number of aryl methyl sites for hydroxylation is 1. The van der Waals surface area contributed by atoms with Crippen molar-refractivity contribution in [2.45, 2.75) is 45.8 Å². The maximum Gasteiger partial charge on any atom is 0.408 e. The second-order valence-corrected chi connectivity index (χ2v) is 6.79. The molecule has 0 saturated carbocycles. The Kier molecular flexibility index (Phi) is 5.64. The van der Waals surface area contributed by atoms with Crippen molar-refractivity contribution in [3.8, 4) is 0 Å². The van der Waals surface area contributed by atoms with E-state index in [2.05, 4.69) is 10.3 Å². The average Bonchev–Trinajstić information content (AvgIpc) is 2.89. The number of rotatable bonds is 5. The first-order valence-corrected chi connectivity index (χ1v) is 8.00.